The van der Waals surface area contributed by atoms with Crippen LogP contribution in [0.4, 0.5) is 50.0 Å². The van der Waals surface area contributed by atoms with Crippen molar-refractivity contribution in [1.29, 1.82) is 5.26 Å². The van der Waals surface area contributed by atoms with Crippen LogP contribution >= 0.6 is 0 Å². The first-order chi connectivity index (χ1) is 18.6. The van der Waals surface area contributed by atoms with E-state index in [0.717, 1.165) is 16.7 Å². The van der Waals surface area contributed by atoms with Crippen molar-refractivity contribution in [2.75, 3.05) is 11.4 Å². The van der Waals surface area contributed by atoms with Crippen molar-refractivity contribution in [2.24, 2.45) is 0 Å². The second kappa shape index (κ2) is 10.9. The maximum absolute atomic E-state index is 13.8. The molecule has 0 N–H and O–H groups in total. The minimum absolute atomic E-state index is 0.0112. The van der Waals surface area contributed by atoms with Crippen LogP contribution in [0.2, 0.25) is 0 Å². The van der Waals surface area contributed by atoms with Gasteiger partial charge in [-0.2, -0.15) is 44.8 Å². The summed E-state index contributed by atoms with van der Waals surface area (Å²) in [6.07, 6.45) is -14.3. The predicted molar refractivity (Wildman–Crippen MR) is 127 cm³/mol. The number of aryl methyl sites for hydroxylation is 1. The average Bonchev–Trinajstić information content (AvgIpc) is 2.98. The van der Waals surface area contributed by atoms with Gasteiger partial charge in [0.25, 0.3) is 0 Å². The van der Waals surface area contributed by atoms with E-state index in [1.54, 1.807) is 27.0 Å². The minimum Gasteiger partial charge on any atom is -0.443 e. The number of fused-ring (bicyclic) bond motifs is 1. The summed E-state index contributed by atoms with van der Waals surface area (Å²) >= 11 is 0. The van der Waals surface area contributed by atoms with Crippen LogP contribution < -0.4 is 4.90 Å². The molecule has 0 saturated heterocycles. The SMILES string of the molecule is Cc1nc2c(cc1C(F)(F)F)N(C(=O)OC(C)(C)C)CCCC2N(C#N)Cc1cc(C(F)(F)F)cc(C(F)(F)F)c1. The summed E-state index contributed by atoms with van der Waals surface area (Å²) in [5.74, 6) is 0. The molecule has 0 aliphatic carbocycles. The second-order valence-electron chi connectivity index (χ2n) is 10.5. The van der Waals surface area contributed by atoms with E-state index in [0.29, 0.717) is 18.2 Å². The summed E-state index contributed by atoms with van der Waals surface area (Å²) in [7, 11) is 0. The van der Waals surface area contributed by atoms with E-state index in [-0.39, 0.29) is 36.8 Å². The van der Waals surface area contributed by atoms with E-state index < -0.39 is 70.8 Å². The zero-order valence-corrected chi connectivity index (χ0v) is 22.2. The number of pyridine rings is 1. The zero-order chi connectivity index (χ0) is 31.1. The number of carbonyl (C=O) groups excluding carboxylic acids is 1. The number of nitrogens with zero attached hydrogens (tertiary/aromatic N) is 4. The molecule has 2 aromatic rings. The number of nitriles is 1. The van der Waals surface area contributed by atoms with Gasteiger partial charge in [0, 0.05) is 6.54 Å². The summed E-state index contributed by atoms with van der Waals surface area (Å²) in [6.45, 7) is 4.79. The Morgan fingerprint density at radius 2 is 1.56 bits per heavy atom. The molecule has 1 aromatic heterocycles. The van der Waals surface area contributed by atoms with Crippen molar-refractivity contribution in [3.63, 3.8) is 0 Å². The molecule has 6 nitrogen and oxygen atoms in total. The van der Waals surface area contributed by atoms with Gasteiger partial charge < -0.3 is 4.74 Å². The van der Waals surface area contributed by atoms with Gasteiger partial charge in [0.2, 0.25) is 0 Å². The Morgan fingerprint density at radius 3 is 2.02 bits per heavy atom. The molecule has 1 aliphatic heterocycles. The number of alkyl halides is 9. The fraction of sp³-hybridized carbons (Fsp3) is 0.500. The number of aromatic nitrogens is 1. The monoisotopic (exact) mass is 596 g/mol. The number of hydrogen-bond acceptors (Lipinski definition) is 5. The second-order valence-corrected chi connectivity index (χ2v) is 10.5. The van der Waals surface area contributed by atoms with Crippen LogP contribution in [-0.4, -0.2) is 28.1 Å². The van der Waals surface area contributed by atoms with E-state index in [1.807, 2.05) is 0 Å². The fourth-order valence-electron chi connectivity index (χ4n) is 4.39. The lowest BCUT2D eigenvalue weighted by molar-refractivity contribution is -0.143. The Labute approximate surface area is 229 Å². The first-order valence-corrected chi connectivity index (χ1v) is 12.2. The van der Waals surface area contributed by atoms with Crippen LogP contribution in [-0.2, 0) is 29.8 Å². The van der Waals surface area contributed by atoms with Crippen molar-refractivity contribution in [3.8, 4) is 6.19 Å². The molecule has 1 atom stereocenters. The molecule has 1 aromatic carbocycles. The summed E-state index contributed by atoms with van der Waals surface area (Å²) in [6, 6.07) is 0.378. The highest BCUT2D eigenvalue weighted by Gasteiger charge is 2.40. The maximum Gasteiger partial charge on any atom is 0.418 e. The molecule has 0 radical (unpaired) electrons. The van der Waals surface area contributed by atoms with E-state index in [1.165, 1.54) is 0 Å². The topological polar surface area (TPSA) is 69.5 Å². The van der Waals surface area contributed by atoms with E-state index in [9.17, 15) is 49.6 Å². The Hall–Kier alpha value is -3.70. The molecule has 2 heterocycles. The number of amides is 1. The number of rotatable bonds is 3. The van der Waals surface area contributed by atoms with E-state index in [4.69, 9.17) is 4.74 Å². The summed E-state index contributed by atoms with van der Waals surface area (Å²) < 4.78 is 127. The van der Waals surface area contributed by atoms with E-state index in [2.05, 4.69) is 4.98 Å². The number of anilines is 1. The maximum atomic E-state index is 13.8. The predicted octanol–water partition coefficient (Wildman–Crippen LogP) is 8.01. The average molecular weight is 596 g/mol. The number of hydrogen-bond donors (Lipinski definition) is 0. The molecular formula is C26H25F9N4O2. The van der Waals surface area contributed by atoms with Crippen LogP contribution in [0, 0.1) is 18.4 Å². The summed E-state index contributed by atoms with van der Waals surface area (Å²) in [5.41, 5.74) is -6.87. The summed E-state index contributed by atoms with van der Waals surface area (Å²) in [4.78, 5) is 18.8. The Balaban J connectivity index is 2.15. The van der Waals surface area contributed by atoms with Crippen molar-refractivity contribution >= 4 is 11.8 Å². The number of halogens is 9. The lowest BCUT2D eigenvalue weighted by atomic mass is 10.0. The third kappa shape index (κ3) is 7.53. The van der Waals surface area contributed by atoms with Gasteiger partial charge in [-0.05, 0) is 70.4 Å². The highest BCUT2D eigenvalue weighted by molar-refractivity contribution is 5.89. The smallest absolute Gasteiger partial charge is 0.418 e. The van der Waals surface area contributed by atoms with Crippen LogP contribution in [0.1, 0.15) is 73.3 Å². The fourth-order valence-corrected chi connectivity index (χ4v) is 4.39. The highest BCUT2D eigenvalue weighted by Crippen LogP contribution is 2.42. The molecule has 41 heavy (non-hydrogen) atoms. The lowest BCUT2D eigenvalue weighted by Crippen LogP contribution is -2.38. The largest absolute Gasteiger partial charge is 0.443 e. The van der Waals surface area contributed by atoms with Gasteiger partial charge in [0.05, 0.1) is 46.4 Å². The molecular weight excluding hydrogens is 571 g/mol. The van der Waals surface area contributed by atoms with Gasteiger partial charge in [-0.3, -0.25) is 14.8 Å². The van der Waals surface area contributed by atoms with Crippen molar-refractivity contribution in [1.82, 2.24) is 9.88 Å². The highest BCUT2D eigenvalue weighted by atomic mass is 19.4. The van der Waals surface area contributed by atoms with Gasteiger partial charge >= 0.3 is 24.6 Å². The molecule has 15 heteroatoms. The molecule has 3 rings (SSSR count). The van der Waals surface area contributed by atoms with Crippen LogP contribution in [0.25, 0.3) is 0 Å². The van der Waals surface area contributed by atoms with Crippen molar-refractivity contribution in [3.05, 3.63) is 57.9 Å². The molecule has 0 spiro atoms. The van der Waals surface area contributed by atoms with Gasteiger partial charge in [0.1, 0.15) is 5.60 Å². The molecule has 224 valence electrons. The third-order valence-electron chi connectivity index (χ3n) is 6.11. The van der Waals surface area contributed by atoms with Gasteiger partial charge in [0.15, 0.2) is 6.19 Å². The van der Waals surface area contributed by atoms with Gasteiger partial charge in [-0.25, -0.2) is 4.79 Å². The first kappa shape index (κ1) is 31.8. The summed E-state index contributed by atoms with van der Waals surface area (Å²) in [5, 5.41) is 9.91. The normalized spacial score (nSPS) is 16.5. The van der Waals surface area contributed by atoms with Gasteiger partial charge in [-0.1, -0.05) is 0 Å². The molecule has 1 aliphatic rings. The van der Waals surface area contributed by atoms with Crippen LogP contribution in [0.15, 0.2) is 24.3 Å². The standard InChI is InChI=1S/C26H25F9N4O2/c1-14-18(26(33,34)35)11-20-21(37-14)19(6-5-7-39(20)22(40)41-23(2,3)4)38(13-36)12-15-8-16(24(27,28)29)10-17(9-15)25(30,31)32/h8-11,19H,5-7,12H2,1-4H3. The van der Waals surface area contributed by atoms with Crippen LogP contribution in [0.5, 0.6) is 0 Å². The van der Waals surface area contributed by atoms with Crippen LogP contribution in [0.3, 0.4) is 0 Å². The number of carbonyl (C=O) groups is 1. The number of benzene rings is 1. The number of ether oxygens (including phenoxy) is 1. The zero-order valence-electron chi connectivity index (χ0n) is 22.2. The Morgan fingerprint density at radius 1 is 1.00 bits per heavy atom. The Bertz CT molecular complexity index is 1310. The lowest BCUT2D eigenvalue weighted by Gasteiger charge is -2.30. The molecule has 1 unspecified atom stereocenters. The quantitative estimate of drug-likeness (QED) is 0.204. The third-order valence-corrected chi connectivity index (χ3v) is 6.11. The van der Waals surface area contributed by atoms with E-state index >= 15 is 0 Å². The Kier molecular flexibility index (Phi) is 8.49. The molecule has 0 saturated carbocycles. The van der Waals surface area contributed by atoms with Crippen molar-refractivity contribution in [2.45, 2.75) is 77.3 Å². The molecule has 0 bridgehead atoms. The van der Waals surface area contributed by atoms with Gasteiger partial charge in [-0.15, -0.1) is 0 Å². The first-order valence-electron chi connectivity index (χ1n) is 12.2. The van der Waals surface area contributed by atoms with Crippen molar-refractivity contribution < 1.29 is 49.0 Å². The minimum atomic E-state index is -5.12. The molecule has 0 fully saturated rings. The molecule has 1 amide bonds.